The van der Waals surface area contributed by atoms with Crippen molar-refractivity contribution in [2.75, 3.05) is 13.1 Å². The Morgan fingerprint density at radius 2 is 1.93 bits per heavy atom. The Bertz CT molecular complexity index is 910. The van der Waals surface area contributed by atoms with Gasteiger partial charge in [0.05, 0.1) is 5.70 Å². The number of amides is 1. The van der Waals surface area contributed by atoms with Gasteiger partial charge in [-0.25, -0.2) is 13.8 Å². The smallest absolute Gasteiger partial charge is 0.250 e. The van der Waals surface area contributed by atoms with Crippen molar-refractivity contribution in [1.82, 2.24) is 20.7 Å². The van der Waals surface area contributed by atoms with E-state index < -0.39 is 12.2 Å². The zero-order valence-electron chi connectivity index (χ0n) is 16.7. The molecule has 2 N–H and O–H groups in total. The number of likely N-dealkylation sites (tertiary alicyclic amines) is 1. The van der Waals surface area contributed by atoms with Crippen LogP contribution in [0.3, 0.4) is 0 Å². The number of allylic oxidation sites excluding steroid dienone is 2. The summed E-state index contributed by atoms with van der Waals surface area (Å²) in [7, 11) is 0. The fourth-order valence-corrected chi connectivity index (χ4v) is 3.98. The fraction of sp³-hybridized carbons (Fsp3) is 0.455. The number of benzene rings is 1. The van der Waals surface area contributed by atoms with Gasteiger partial charge in [-0.3, -0.25) is 14.7 Å². The van der Waals surface area contributed by atoms with E-state index in [0.717, 1.165) is 35.5 Å². The molecule has 0 bridgehead atoms. The molecule has 0 spiro atoms. The Labute approximate surface area is 174 Å². The van der Waals surface area contributed by atoms with Gasteiger partial charge in [0.1, 0.15) is 5.84 Å². The Hall–Kier alpha value is -2.58. The number of halogens is 2. The van der Waals surface area contributed by atoms with E-state index in [4.69, 9.17) is 0 Å². The largest absolute Gasteiger partial charge is 0.320 e. The molecule has 3 aliphatic heterocycles. The highest BCUT2D eigenvalue weighted by molar-refractivity contribution is 6.02. The molecule has 1 unspecified atom stereocenters. The zero-order valence-corrected chi connectivity index (χ0v) is 16.7. The van der Waals surface area contributed by atoms with Crippen molar-refractivity contribution in [2.24, 2.45) is 10.9 Å². The third kappa shape index (κ3) is 4.15. The lowest BCUT2D eigenvalue weighted by Crippen LogP contribution is -2.47. The molecule has 1 aliphatic carbocycles. The molecule has 1 atom stereocenters. The SMILES string of the molecule is O=C(NC1N=C2C=CC=C(c3ccc(CN4CCC(F)(F)CC4)cc3)N2N1)C1CC1. The standard InChI is InChI=1S/C22H25F2N5O/c23-22(24)10-12-28(13-11-22)14-15-4-6-16(7-5-15)18-2-1-3-19-25-21(27-29(18)19)26-20(30)17-8-9-17/h1-7,17,21,27H,8-14H2,(H,26,30). The lowest BCUT2D eigenvalue weighted by atomic mass is 10.0. The van der Waals surface area contributed by atoms with Gasteiger partial charge in [0, 0.05) is 38.4 Å². The van der Waals surface area contributed by atoms with Crippen LogP contribution < -0.4 is 10.7 Å². The molecule has 3 heterocycles. The van der Waals surface area contributed by atoms with E-state index >= 15 is 0 Å². The summed E-state index contributed by atoms with van der Waals surface area (Å²) in [6.07, 6.45) is 7.16. The fourth-order valence-electron chi connectivity index (χ4n) is 3.98. The molecule has 5 rings (SSSR count). The summed E-state index contributed by atoms with van der Waals surface area (Å²) in [6.45, 7) is 1.53. The van der Waals surface area contributed by atoms with Gasteiger partial charge in [0.25, 0.3) is 5.92 Å². The molecule has 1 aromatic rings. The number of hydrogen-bond donors (Lipinski definition) is 2. The van der Waals surface area contributed by atoms with Crippen molar-refractivity contribution in [3.05, 3.63) is 53.6 Å². The van der Waals surface area contributed by atoms with E-state index in [1.807, 2.05) is 47.5 Å². The molecule has 2 fully saturated rings. The van der Waals surface area contributed by atoms with Crippen LogP contribution in [0.5, 0.6) is 0 Å². The van der Waals surface area contributed by atoms with Crippen molar-refractivity contribution in [2.45, 2.75) is 44.4 Å². The summed E-state index contributed by atoms with van der Waals surface area (Å²) in [6, 6.07) is 8.16. The van der Waals surface area contributed by atoms with E-state index in [0.29, 0.717) is 19.6 Å². The molecular weight excluding hydrogens is 388 g/mol. The van der Waals surface area contributed by atoms with Gasteiger partial charge in [-0.1, -0.05) is 30.3 Å². The van der Waals surface area contributed by atoms with Crippen LogP contribution in [0.25, 0.3) is 5.70 Å². The molecular formula is C22H25F2N5O. The maximum absolute atomic E-state index is 13.3. The van der Waals surface area contributed by atoms with Crippen molar-refractivity contribution in [3.8, 4) is 0 Å². The van der Waals surface area contributed by atoms with Gasteiger partial charge in [-0.15, -0.1) is 0 Å². The Kier molecular flexibility index (Phi) is 4.91. The molecule has 1 aromatic carbocycles. The minimum atomic E-state index is -2.51. The Morgan fingerprint density at radius 3 is 2.63 bits per heavy atom. The number of piperidine rings is 1. The second-order valence-electron chi connectivity index (χ2n) is 8.38. The first kappa shape index (κ1) is 19.4. The topological polar surface area (TPSA) is 60.0 Å². The highest BCUT2D eigenvalue weighted by atomic mass is 19.3. The van der Waals surface area contributed by atoms with Gasteiger partial charge in [-0.2, -0.15) is 5.43 Å². The van der Waals surface area contributed by atoms with Crippen molar-refractivity contribution in [3.63, 3.8) is 0 Å². The van der Waals surface area contributed by atoms with E-state index in [1.165, 1.54) is 0 Å². The molecule has 6 nitrogen and oxygen atoms in total. The number of rotatable bonds is 5. The van der Waals surface area contributed by atoms with Crippen LogP contribution in [0.2, 0.25) is 0 Å². The number of hydrazine groups is 1. The van der Waals surface area contributed by atoms with Gasteiger partial charge >= 0.3 is 0 Å². The average Bonchev–Trinajstić information content (AvgIpc) is 3.50. The van der Waals surface area contributed by atoms with Gasteiger partial charge in [0.15, 0.2) is 6.29 Å². The predicted octanol–water partition coefficient (Wildman–Crippen LogP) is 2.86. The lowest BCUT2D eigenvalue weighted by Gasteiger charge is -2.31. The van der Waals surface area contributed by atoms with Crippen LogP contribution in [0.4, 0.5) is 8.78 Å². The monoisotopic (exact) mass is 413 g/mol. The van der Waals surface area contributed by atoms with E-state index in [2.05, 4.69) is 20.6 Å². The Morgan fingerprint density at radius 1 is 1.20 bits per heavy atom. The highest BCUT2D eigenvalue weighted by Gasteiger charge is 2.35. The first-order chi connectivity index (χ1) is 14.5. The molecule has 1 saturated heterocycles. The maximum Gasteiger partial charge on any atom is 0.250 e. The van der Waals surface area contributed by atoms with Crippen LogP contribution >= 0.6 is 0 Å². The average molecular weight is 413 g/mol. The first-order valence-corrected chi connectivity index (χ1v) is 10.5. The summed E-state index contributed by atoms with van der Waals surface area (Å²) in [5.41, 5.74) is 6.31. The van der Waals surface area contributed by atoms with Crippen LogP contribution in [0.1, 0.15) is 36.8 Å². The highest BCUT2D eigenvalue weighted by Crippen LogP contribution is 2.30. The number of fused-ring (bicyclic) bond motifs is 1. The number of alkyl halides is 2. The number of carbonyl (C=O) groups excluding carboxylic acids is 1. The third-order valence-electron chi connectivity index (χ3n) is 5.95. The van der Waals surface area contributed by atoms with Crippen LogP contribution in [0.15, 0.2) is 47.5 Å². The molecule has 1 saturated carbocycles. The Balaban J connectivity index is 1.22. The molecule has 1 amide bonds. The van der Waals surface area contributed by atoms with Gasteiger partial charge < -0.3 is 5.32 Å². The van der Waals surface area contributed by atoms with Crippen LogP contribution in [-0.4, -0.2) is 47.0 Å². The lowest BCUT2D eigenvalue weighted by molar-refractivity contribution is -0.123. The minimum Gasteiger partial charge on any atom is -0.320 e. The van der Waals surface area contributed by atoms with E-state index in [-0.39, 0.29) is 24.7 Å². The normalized spacial score (nSPS) is 25.5. The first-order valence-electron chi connectivity index (χ1n) is 10.5. The molecule has 4 aliphatic rings. The second-order valence-corrected chi connectivity index (χ2v) is 8.38. The summed E-state index contributed by atoms with van der Waals surface area (Å²) >= 11 is 0. The summed E-state index contributed by atoms with van der Waals surface area (Å²) in [5, 5.41) is 4.82. The predicted molar refractivity (Wildman–Crippen MR) is 110 cm³/mol. The second kappa shape index (κ2) is 7.59. The van der Waals surface area contributed by atoms with Crippen molar-refractivity contribution in [1.29, 1.82) is 0 Å². The van der Waals surface area contributed by atoms with Crippen molar-refractivity contribution < 1.29 is 13.6 Å². The molecule has 8 heteroatoms. The summed E-state index contributed by atoms with van der Waals surface area (Å²) in [4.78, 5) is 18.7. The van der Waals surface area contributed by atoms with E-state index in [9.17, 15) is 13.6 Å². The number of aliphatic imine (C=N–C) groups is 1. The van der Waals surface area contributed by atoms with Gasteiger partial charge in [-0.05, 0) is 36.1 Å². The summed E-state index contributed by atoms with van der Waals surface area (Å²) < 4.78 is 26.7. The zero-order chi connectivity index (χ0) is 20.7. The third-order valence-corrected chi connectivity index (χ3v) is 5.95. The number of hydrogen-bond acceptors (Lipinski definition) is 5. The van der Waals surface area contributed by atoms with Crippen LogP contribution in [0, 0.1) is 5.92 Å². The maximum atomic E-state index is 13.3. The molecule has 0 radical (unpaired) electrons. The number of nitrogens with zero attached hydrogens (tertiary/aromatic N) is 3. The number of amidine groups is 1. The molecule has 0 aromatic heterocycles. The number of nitrogens with one attached hydrogen (secondary N) is 2. The summed E-state index contributed by atoms with van der Waals surface area (Å²) in [5.74, 6) is -1.58. The van der Waals surface area contributed by atoms with Crippen LogP contribution in [-0.2, 0) is 11.3 Å². The molecule has 30 heavy (non-hydrogen) atoms. The molecule has 158 valence electrons. The van der Waals surface area contributed by atoms with Crippen molar-refractivity contribution >= 4 is 17.4 Å². The quantitative estimate of drug-likeness (QED) is 0.780. The van der Waals surface area contributed by atoms with Gasteiger partial charge in [0.2, 0.25) is 5.91 Å². The van der Waals surface area contributed by atoms with E-state index in [1.54, 1.807) is 0 Å². The number of carbonyl (C=O) groups is 1. The minimum absolute atomic E-state index is 0.0473.